The van der Waals surface area contributed by atoms with E-state index < -0.39 is 0 Å². The first-order valence-corrected chi connectivity index (χ1v) is 7.51. The van der Waals surface area contributed by atoms with Crippen LogP contribution in [-0.2, 0) is 5.41 Å². The first-order chi connectivity index (χ1) is 10.2. The minimum absolute atomic E-state index is 0.0518. The van der Waals surface area contributed by atoms with E-state index in [2.05, 4.69) is 92.5 Å². The number of allylic oxidation sites excluding steroid dienone is 2. The van der Waals surface area contributed by atoms with E-state index in [4.69, 9.17) is 0 Å². The summed E-state index contributed by atoms with van der Waals surface area (Å²) in [5, 5.41) is 0. The van der Waals surface area contributed by atoms with Gasteiger partial charge in [0, 0.05) is 16.8 Å². The molecule has 1 heterocycles. The maximum absolute atomic E-state index is 2.47. The van der Waals surface area contributed by atoms with Gasteiger partial charge in [0.05, 0.1) is 6.04 Å². The third-order valence-corrected chi connectivity index (χ3v) is 4.80. The van der Waals surface area contributed by atoms with E-state index in [1.54, 1.807) is 0 Å². The summed E-state index contributed by atoms with van der Waals surface area (Å²) in [6.45, 7) is 2.34. The molecule has 1 aliphatic heterocycles. The minimum atomic E-state index is 0.0518. The Hall–Kier alpha value is -2.22. The van der Waals surface area contributed by atoms with Gasteiger partial charge in [-0.25, -0.2) is 0 Å². The first-order valence-electron chi connectivity index (χ1n) is 7.51. The van der Waals surface area contributed by atoms with Gasteiger partial charge >= 0.3 is 0 Å². The van der Waals surface area contributed by atoms with Crippen molar-refractivity contribution in [3.8, 4) is 0 Å². The average Bonchev–Trinajstić information content (AvgIpc) is 2.78. The summed E-state index contributed by atoms with van der Waals surface area (Å²) in [7, 11) is 2.13. The highest BCUT2D eigenvalue weighted by Gasteiger charge is 2.45. The molecule has 4 rings (SSSR count). The summed E-state index contributed by atoms with van der Waals surface area (Å²) in [5.41, 5.74) is 5.35. The number of rotatable bonds is 1. The third-order valence-electron chi connectivity index (χ3n) is 4.80. The molecule has 2 heteroatoms. The number of hydrogen-bond donors (Lipinski definition) is 0. The molecule has 102 valence electrons. The van der Waals surface area contributed by atoms with E-state index in [-0.39, 0.29) is 5.41 Å². The molecule has 0 bridgehead atoms. The van der Waals surface area contributed by atoms with E-state index in [0.29, 0.717) is 6.04 Å². The molecule has 21 heavy (non-hydrogen) atoms. The summed E-state index contributed by atoms with van der Waals surface area (Å²) >= 11 is 0. The number of para-hydroxylation sites is 1. The van der Waals surface area contributed by atoms with Crippen LogP contribution in [0, 0.1) is 0 Å². The fourth-order valence-electron chi connectivity index (χ4n) is 3.62. The zero-order valence-electron chi connectivity index (χ0n) is 12.5. The highest BCUT2D eigenvalue weighted by Crippen LogP contribution is 2.50. The van der Waals surface area contributed by atoms with Gasteiger partial charge < -0.3 is 4.90 Å². The number of anilines is 2. The van der Waals surface area contributed by atoms with Crippen LogP contribution < -0.4 is 10.4 Å². The van der Waals surface area contributed by atoms with Gasteiger partial charge in [-0.15, -0.1) is 0 Å². The number of nitrogens with zero attached hydrogens (tertiary/aromatic N) is 1. The first kappa shape index (κ1) is 12.5. The molecule has 0 N–H and O–H groups in total. The normalized spacial score (nSPS) is 25.8. The average molecular weight is 271 g/mol. The van der Waals surface area contributed by atoms with Crippen molar-refractivity contribution < 1.29 is 0 Å². The molecule has 2 aromatic carbocycles. The smallest absolute Gasteiger partial charge is 0.139 e. The van der Waals surface area contributed by atoms with Gasteiger partial charge in [-0.2, -0.15) is 0 Å². The van der Waals surface area contributed by atoms with Crippen molar-refractivity contribution in [2.24, 2.45) is 0 Å². The van der Waals surface area contributed by atoms with Gasteiger partial charge in [-0.3, -0.25) is 0 Å². The molecule has 0 aromatic heterocycles. The van der Waals surface area contributed by atoms with Crippen LogP contribution in [0.1, 0.15) is 12.5 Å². The molecular formula is C19H18BN. The fourth-order valence-corrected chi connectivity index (χ4v) is 3.62. The minimum Gasteiger partial charge on any atom is -0.333 e. The van der Waals surface area contributed by atoms with E-state index >= 15 is 0 Å². The van der Waals surface area contributed by atoms with Crippen molar-refractivity contribution >= 4 is 24.7 Å². The Morgan fingerprint density at radius 3 is 2.57 bits per heavy atom. The predicted molar refractivity (Wildman–Crippen MR) is 92.6 cm³/mol. The zero-order valence-corrected chi connectivity index (χ0v) is 12.5. The van der Waals surface area contributed by atoms with Gasteiger partial charge in [0.15, 0.2) is 0 Å². The summed E-state index contributed by atoms with van der Waals surface area (Å²) in [6, 6.07) is 18.0. The van der Waals surface area contributed by atoms with Gasteiger partial charge in [0.1, 0.15) is 7.85 Å². The van der Waals surface area contributed by atoms with Crippen LogP contribution in [0.2, 0.25) is 0 Å². The molecular weight excluding hydrogens is 253 g/mol. The summed E-state index contributed by atoms with van der Waals surface area (Å²) < 4.78 is 0. The number of hydrogen-bond acceptors (Lipinski definition) is 1. The quantitative estimate of drug-likeness (QED) is 0.721. The van der Waals surface area contributed by atoms with Crippen LogP contribution in [-0.4, -0.2) is 13.9 Å². The summed E-state index contributed by atoms with van der Waals surface area (Å²) in [5.74, 6) is 0. The molecule has 2 atom stereocenters. The Morgan fingerprint density at radius 2 is 1.76 bits per heavy atom. The van der Waals surface area contributed by atoms with Crippen LogP contribution in [0.3, 0.4) is 0 Å². The lowest BCUT2D eigenvalue weighted by Gasteiger charge is -2.34. The van der Waals surface area contributed by atoms with Crippen LogP contribution in [0.5, 0.6) is 0 Å². The van der Waals surface area contributed by atoms with Crippen LogP contribution in [0.4, 0.5) is 11.4 Å². The van der Waals surface area contributed by atoms with Crippen molar-refractivity contribution in [1.29, 1.82) is 0 Å². The lowest BCUT2D eigenvalue weighted by molar-refractivity contribution is 0.551. The topological polar surface area (TPSA) is 3.24 Å². The van der Waals surface area contributed by atoms with Crippen LogP contribution in [0.25, 0.3) is 0 Å². The Morgan fingerprint density at radius 1 is 1.00 bits per heavy atom. The zero-order chi connectivity index (χ0) is 14.4. The SMILES string of the molecule is Bc1ccc(N2c3ccccc3C3(C)C=CC=CC23)cc1. The summed E-state index contributed by atoms with van der Waals surface area (Å²) in [4.78, 5) is 2.47. The molecule has 1 nitrogen and oxygen atoms in total. The van der Waals surface area contributed by atoms with Crippen LogP contribution >= 0.6 is 0 Å². The second-order valence-corrected chi connectivity index (χ2v) is 6.19. The van der Waals surface area contributed by atoms with Gasteiger partial charge in [0.2, 0.25) is 0 Å². The van der Waals surface area contributed by atoms with Crippen LogP contribution in [0.15, 0.2) is 72.8 Å². The molecule has 1 aliphatic carbocycles. The van der Waals surface area contributed by atoms with E-state index in [9.17, 15) is 0 Å². The fraction of sp³-hybridized carbons (Fsp3) is 0.158. The summed E-state index contributed by atoms with van der Waals surface area (Å²) in [6.07, 6.45) is 9.00. The second-order valence-electron chi connectivity index (χ2n) is 6.19. The Balaban J connectivity index is 1.93. The van der Waals surface area contributed by atoms with Crippen molar-refractivity contribution in [3.63, 3.8) is 0 Å². The molecule has 0 saturated carbocycles. The molecule has 0 radical (unpaired) electrons. The lowest BCUT2D eigenvalue weighted by atomic mass is 9.76. The molecule has 0 amide bonds. The molecule has 0 spiro atoms. The van der Waals surface area contributed by atoms with E-state index in [1.807, 2.05) is 0 Å². The molecule has 2 aromatic rings. The highest BCUT2D eigenvalue weighted by atomic mass is 15.2. The number of benzene rings is 2. The molecule has 0 saturated heterocycles. The Labute approximate surface area is 127 Å². The highest BCUT2D eigenvalue weighted by molar-refractivity contribution is 6.32. The monoisotopic (exact) mass is 271 g/mol. The standard InChI is InChI=1S/C19H18BN/c1-19-13-5-4-8-18(19)21(15-11-9-14(20)10-12-15)17-7-3-2-6-16(17)19/h2-13,18H,20H2,1H3. The van der Waals surface area contributed by atoms with Gasteiger partial charge in [0.25, 0.3) is 0 Å². The maximum Gasteiger partial charge on any atom is 0.139 e. The second kappa shape index (κ2) is 4.39. The maximum atomic E-state index is 2.47. The van der Waals surface area contributed by atoms with Crippen molar-refractivity contribution in [3.05, 3.63) is 78.4 Å². The van der Waals surface area contributed by atoms with Crippen molar-refractivity contribution in [2.75, 3.05) is 4.90 Å². The molecule has 0 fully saturated rings. The van der Waals surface area contributed by atoms with Crippen molar-refractivity contribution in [1.82, 2.24) is 0 Å². The predicted octanol–water partition coefficient (Wildman–Crippen LogP) is 2.85. The molecule has 2 aliphatic rings. The van der Waals surface area contributed by atoms with E-state index in [0.717, 1.165) is 0 Å². The van der Waals surface area contributed by atoms with E-state index in [1.165, 1.54) is 22.4 Å². The van der Waals surface area contributed by atoms with Gasteiger partial charge in [-0.1, -0.05) is 60.1 Å². The molecule has 2 unspecified atom stereocenters. The van der Waals surface area contributed by atoms with Crippen molar-refractivity contribution in [2.45, 2.75) is 18.4 Å². The largest absolute Gasteiger partial charge is 0.333 e. The Kier molecular flexibility index (Phi) is 2.62. The Bertz CT molecular complexity index is 744. The third kappa shape index (κ3) is 1.72. The lowest BCUT2D eigenvalue weighted by Crippen LogP contribution is -2.39. The van der Waals surface area contributed by atoms with Gasteiger partial charge in [-0.05, 0) is 30.7 Å². The number of fused-ring (bicyclic) bond motifs is 3.